The van der Waals surface area contributed by atoms with Crippen LogP contribution in [0, 0.1) is 5.92 Å². The maximum atomic E-state index is 13.0. The average Bonchev–Trinajstić information content (AvgIpc) is 3.16. The summed E-state index contributed by atoms with van der Waals surface area (Å²) in [5.74, 6) is -0.278. The summed E-state index contributed by atoms with van der Waals surface area (Å²) in [4.78, 5) is 28.4. The van der Waals surface area contributed by atoms with Crippen molar-refractivity contribution in [1.29, 1.82) is 0 Å². The van der Waals surface area contributed by atoms with E-state index in [9.17, 15) is 22.8 Å². The summed E-state index contributed by atoms with van der Waals surface area (Å²) in [6.07, 6.45) is -1.03. The first-order valence-electron chi connectivity index (χ1n) is 9.32. The summed E-state index contributed by atoms with van der Waals surface area (Å²) in [6, 6.07) is 4.95. The van der Waals surface area contributed by atoms with Gasteiger partial charge in [-0.1, -0.05) is 12.1 Å². The smallest absolute Gasteiger partial charge is 0.342 e. The second-order valence-corrected chi connectivity index (χ2v) is 7.17. The van der Waals surface area contributed by atoms with Gasteiger partial charge in [0, 0.05) is 19.0 Å². The third kappa shape index (κ3) is 5.00. The SMILES string of the molecule is O=C(CN1CCC(C(=O)N2CCCC2)CC1)Nc1ccccc1C(F)(F)F. The van der Waals surface area contributed by atoms with E-state index >= 15 is 0 Å². The second-order valence-electron chi connectivity index (χ2n) is 7.17. The molecule has 2 saturated heterocycles. The van der Waals surface area contributed by atoms with E-state index in [4.69, 9.17) is 0 Å². The lowest BCUT2D eigenvalue weighted by Crippen LogP contribution is -2.44. The van der Waals surface area contributed by atoms with Crippen LogP contribution in [0.15, 0.2) is 24.3 Å². The molecule has 0 aromatic heterocycles. The largest absolute Gasteiger partial charge is 0.418 e. The van der Waals surface area contributed by atoms with Gasteiger partial charge in [-0.3, -0.25) is 14.5 Å². The maximum Gasteiger partial charge on any atom is 0.418 e. The Morgan fingerprint density at radius 3 is 2.30 bits per heavy atom. The van der Waals surface area contributed by atoms with Gasteiger partial charge in [0.25, 0.3) is 0 Å². The van der Waals surface area contributed by atoms with E-state index < -0.39 is 17.6 Å². The summed E-state index contributed by atoms with van der Waals surface area (Å²) in [6.45, 7) is 2.88. The Morgan fingerprint density at radius 2 is 1.67 bits per heavy atom. The molecule has 0 bridgehead atoms. The molecule has 148 valence electrons. The number of hydrogen-bond acceptors (Lipinski definition) is 3. The van der Waals surface area contributed by atoms with E-state index in [0.717, 1.165) is 32.0 Å². The fourth-order valence-corrected chi connectivity index (χ4v) is 3.77. The Morgan fingerprint density at radius 1 is 1.04 bits per heavy atom. The van der Waals surface area contributed by atoms with Crippen LogP contribution in [0.5, 0.6) is 0 Å². The Balaban J connectivity index is 1.49. The lowest BCUT2D eigenvalue weighted by molar-refractivity contribution is -0.137. The van der Waals surface area contributed by atoms with Gasteiger partial charge in [0.15, 0.2) is 0 Å². The minimum absolute atomic E-state index is 0.00614. The van der Waals surface area contributed by atoms with E-state index in [1.807, 2.05) is 9.80 Å². The van der Waals surface area contributed by atoms with Crippen molar-refractivity contribution in [1.82, 2.24) is 9.80 Å². The highest BCUT2D eigenvalue weighted by molar-refractivity contribution is 5.93. The molecule has 0 spiro atoms. The molecule has 0 saturated carbocycles. The summed E-state index contributed by atoms with van der Waals surface area (Å²) in [5.41, 5.74) is -1.08. The van der Waals surface area contributed by atoms with Crippen LogP contribution >= 0.6 is 0 Å². The van der Waals surface area contributed by atoms with Crippen LogP contribution in [0.2, 0.25) is 0 Å². The van der Waals surface area contributed by atoms with Crippen molar-refractivity contribution in [3.63, 3.8) is 0 Å². The van der Waals surface area contributed by atoms with E-state index in [0.29, 0.717) is 25.9 Å². The lowest BCUT2D eigenvalue weighted by Gasteiger charge is -2.32. The molecule has 0 aliphatic carbocycles. The van der Waals surface area contributed by atoms with Crippen LogP contribution in [0.25, 0.3) is 0 Å². The Kier molecular flexibility index (Phi) is 6.04. The molecule has 1 N–H and O–H groups in total. The normalized spacial score (nSPS) is 19.3. The summed E-state index contributed by atoms with van der Waals surface area (Å²) in [5, 5.41) is 2.37. The second kappa shape index (κ2) is 8.29. The van der Waals surface area contributed by atoms with Crippen LogP contribution in [0.4, 0.5) is 18.9 Å². The van der Waals surface area contributed by atoms with Gasteiger partial charge < -0.3 is 10.2 Å². The minimum Gasteiger partial charge on any atom is -0.342 e. The highest BCUT2D eigenvalue weighted by Gasteiger charge is 2.34. The molecule has 3 rings (SSSR count). The molecule has 8 heteroatoms. The van der Waals surface area contributed by atoms with Gasteiger partial charge in [0.2, 0.25) is 11.8 Å². The van der Waals surface area contributed by atoms with Gasteiger partial charge in [-0.2, -0.15) is 13.2 Å². The number of amides is 2. The van der Waals surface area contributed by atoms with Crippen molar-refractivity contribution >= 4 is 17.5 Å². The van der Waals surface area contributed by atoms with Gasteiger partial charge in [0.1, 0.15) is 0 Å². The molecule has 0 radical (unpaired) electrons. The maximum absolute atomic E-state index is 13.0. The molecular weight excluding hydrogens is 359 g/mol. The minimum atomic E-state index is -4.52. The lowest BCUT2D eigenvalue weighted by atomic mass is 9.95. The molecule has 27 heavy (non-hydrogen) atoms. The molecule has 2 aliphatic rings. The van der Waals surface area contributed by atoms with Crippen LogP contribution in [0.1, 0.15) is 31.2 Å². The first kappa shape index (κ1) is 19.7. The Labute approximate surface area is 156 Å². The van der Waals surface area contributed by atoms with Crippen LogP contribution < -0.4 is 5.32 Å². The molecular formula is C19H24F3N3O2. The number of carbonyl (C=O) groups excluding carboxylic acids is 2. The van der Waals surface area contributed by atoms with Gasteiger partial charge in [-0.25, -0.2) is 0 Å². The molecule has 1 aromatic carbocycles. The summed E-state index contributed by atoms with van der Waals surface area (Å²) in [7, 11) is 0. The van der Waals surface area contributed by atoms with Crippen molar-refractivity contribution < 1.29 is 22.8 Å². The quantitative estimate of drug-likeness (QED) is 0.870. The number of nitrogens with zero attached hydrogens (tertiary/aromatic N) is 2. The van der Waals surface area contributed by atoms with Crippen LogP contribution in [0.3, 0.4) is 0 Å². The number of rotatable bonds is 4. The van der Waals surface area contributed by atoms with Crippen molar-refractivity contribution in [2.75, 3.05) is 38.0 Å². The number of piperidine rings is 1. The predicted octanol–water partition coefficient (Wildman–Crippen LogP) is 2.98. The molecule has 2 amide bonds. The topological polar surface area (TPSA) is 52.7 Å². The van der Waals surface area contributed by atoms with Gasteiger partial charge >= 0.3 is 6.18 Å². The van der Waals surface area contributed by atoms with E-state index in [1.165, 1.54) is 18.2 Å². The zero-order chi connectivity index (χ0) is 19.4. The monoisotopic (exact) mass is 383 g/mol. The number of nitrogens with one attached hydrogen (secondary N) is 1. The standard InChI is InChI=1S/C19H24F3N3O2/c20-19(21,22)15-5-1-2-6-16(15)23-17(26)13-24-11-7-14(8-12-24)18(27)25-9-3-4-10-25/h1-2,5-6,14H,3-4,7-13H2,(H,23,26). The number of hydrogen-bond donors (Lipinski definition) is 1. The predicted molar refractivity (Wildman–Crippen MR) is 95.1 cm³/mol. The number of benzene rings is 1. The fraction of sp³-hybridized carbons (Fsp3) is 0.579. The van der Waals surface area contributed by atoms with Crippen molar-refractivity contribution in [3.05, 3.63) is 29.8 Å². The Hall–Kier alpha value is -2.09. The first-order valence-corrected chi connectivity index (χ1v) is 9.32. The third-order valence-electron chi connectivity index (χ3n) is 5.23. The number of carbonyl (C=O) groups is 2. The number of halogens is 3. The Bertz CT molecular complexity index is 679. The highest BCUT2D eigenvalue weighted by atomic mass is 19.4. The molecule has 1 aromatic rings. The number of anilines is 1. The molecule has 0 unspecified atom stereocenters. The zero-order valence-corrected chi connectivity index (χ0v) is 15.1. The van der Waals surface area contributed by atoms with Gasteiger partial charge in [0.05, 0.1) is 17.8 Å². The van der Waals surface area contributed by atoms with Crippen molar-refractivity contribution in [3.8, 4) is 0 Å². The third-order valence-corrected chi connectivity index (χ3v) is 5.23. The van der Waals surface area contributed by atoms with Crippen molar-refractivity contribution in [2.24, 2.45) is 5.92 Å². The first-order chi connectivity index (χ1) is 12.8. The highest BCUT2D eigenvalue weighted by Crippen LogP contribution is 2.34. The van der Waals surface area contributed by atoms with E-state index in [-0.39, 0.29) is 24.1 Å². The van der Waals surface area contributed by atoms with E-state index in [2.05, 4.69) is 5.32 Å². The van der Waals surface area contributed by atoms with Crippen LogP contribution in [-0.2, 0) is 15.8 Å². The number of para-hydroxylation sites is 1. The zero-order valence-electron chi connectivity index (χ0n) is 15.1. The van der Waals surface area contributed by atoms with Gasteiger partial charge in [-0.05, 0) is 50.9 Å². The van der Waals surface area contributed by atoms with E-state index in [1.54, 1.807) is 0 Å². The molecule has 5 nitrogen and oxygen atoms in total. The summed E-state index contributed by atoms with van der Waals surface area (Å²) >= 11 is 0. The average molecular weight is 383 g/mol. The number of likely N-dealkylation sites (tertiary alicyclic amines) is 2. The number of alkyl halides is 3. The summed E-state index contributed by atoms with van der Waals surface area (Å²) < 4.78 is 39.0. The fourth-order valence-electron chi connectivity index (χ4n) is 3.77. The van der Waals surface area contributed by atoms with Gasteiger partial charge in [-0.15, -0.1) is 0 Å². The molecule has 2 aliphatic heterocycles. The van der Waals surface area contributed by atoms with Crippen molar-refractivity contribution in [2.45, 2.75) is 31.9 Å². The molecule has 0 atom stereocenters. The van der Waals surface area contributed by atoms with Crippen LogP contribution in [-0.4, -0.2) is 54.3 Å². The molecule has 2 fully saturated rings. The molecule has 2 heterocycles.